The van der Waals surface area contributed by atoms with Gasteiger partial charge in [-0.2, -0.15) is 31.6 Å². The van der Waals surface area contributed by atoms with Crippen molar-refractivity contribution >= 4 is 11.2 Å². The Hall–Kier alpha value is -3.08. The van der Waals surface area contributed by atoms with Crippen LogP contribution in [0.15, 0.2) is 51.8 Å². The van der Waals surface area contributed by atoms with Gasteiger partial charge in [-0.15, -0.1) is 10.2 Å². The third-order valence-corrected chi connectivity index (χ3v) is 5.42. The first kappa shape index (κ1) is 24.6. The maximum absolute atomic E-state index is 13.3. The number of hydrogen-bond donors (Lipinski definition) is 1. The highest BCUT2D eigenvalue weighted by molar-refractivity contribution is 7.90. The van der Waals surface area contributed by atoms with Gasteiger partial charge in [0.15, 0.2) is 4.90 Å². The summed E-state index contributed by atoms with van der Waals surface area (Å²) < 4.78 is 95.9. The molecule has 6 nitrogen and oxygen atoms in total. The Bertz CT molecular complexity index is 1150. The molecular formula is C20H14F6N4O2S. The maximum atomic E-state index is 13.3. The van der Waals surface area contributed by atoms with E-state index in [-0.39, 0.29) is 17.3 Å². The van der Waals surface area contributed by atoms with Crippen molar-refractivity contribution in [3.05, 3.63) is 65.0 Å². The number of nitrogens with one attached hydrogen (secondary N) is 1. The van der Waals surface area contributed by atoms with Crippen molar-refractivity contribution in [3.8, 4) is 17.5 Å². The van der Waals surface area contributed by atoms with Crippen LogP contribution < -0.4 is 5.32 Å². The standard InChI is InChI=1S/C20H14F6N4O2S/c1-33(31)14-6-4-11(5-7-14)18-30-29-17(32-18)9-16(28-20(24,25)26)12-2-3-13(10-27)15(8-12)19(21,22)23/h2-8,16,28H,9H2,1H3. The molecule has 174 valence electrons. The number of rotatable bonds is 6. The van der Waals surface area contributed by atoms with Gasteiger partial charge in [0.1, 0.15) is 6.26 Å². The van der Waals surface area contributed by atoms with Gasteiger partial charge in [-0.3, -0.25) is 0 Å². The molecule has 0 aliphatic rings. The largest absolute Gasteiger partial charge is 0.612 e. The average molecular weight is 488 g/mol. The minimum Gasteiger partial charge on any atom is -0.612 e. The molecule has 33 heavy (non-hydrogen) atoms. The minimum atomic E-state index is -4.93. The lowest BCUT2D eigenvalue weighted by Gasteiger charge is -2.21. The van der Waals surface area contributed by atoms with Crippen LogP contribution in [-0.4, -0.2) is 27.3 Å². The van der Waals surface area contributed by atoms with Gasteiger partial charge in [-0.1, -0.05) is 6.07 Å². The number of benzene rings is 2. The van der Waals surface area contributed by atoms with Crippen molar-refractivity contribution in [2.75, 3.05) is 6.26 Å². The molecule has 0 fully saturated rings. The number of alkyl halides is 6. The molecule has 0 bridgehead atoms. The lowest BCUT2D eigenvalue weighted by Crippen LogP contribution is -2.36. The normalized spacial score (nSPS) is 14.0. The first-order valence-corrected chi connectivity index (χ1v) is 10.6. The van der Waals surface area contributed by atoms with Gasteiger partial charge in [-0.05, 0) is 53.1 Å². The number of hydrogen-bond acceptors (Lipinski definition) is 6. The van der Waals surface area contributed by atoms with Gasteiger partial charge >= 0.3 is 12.5 Å². The van der Waals surface area contributed by atoms with Crippen LogP contribution >= 0.6 is 0 Å². The lowest BCUT2D eigenvalue weighted by molar-refractivity contribution is -0.164. The van der Waals surface area contributed by atoms with Crippen LogP contribution in [0.2, 0.25) is 0 Å². The number of nitriles is 1. The van der Waals surface area contributed by atoms with Crippen LogP contribution in [0.1, 0.15) is 28.6 Å². The van der Waals surface area contributed by atoms with Crippen molar-refractivity contribution in [1.29, 1.82) is 5.26 Å². The zero-order chi connectivity index (χ0) is 24.4. The van der Waals surface area contributed by atoms with E-state index >= 15 is 0 Å². The molecule has 1 aromatic heterocycles. The summed E-state index contributed by atoms with van der Waals surface area (Å²) in [6.45, 7) is 0. The van der Waals surface area contributed by atoms with Crippen molar-refractivity contribution in [3.63, 3.8) is 0 Å². The van der Waals surface area contributed by atoms with Gasteiger partial charge in [0.25, 0.3) is 0 Å². The van der Waals surface area contributed by atoms with Gasteiger partial charge in [0.2, 0.25) is 11.8 Å². The van der Waals surface area contributed by atoms with E-state index in [1.807, 2.05) is 0 Å². The molecule has 3 rings (SSSR count). The average Bonchev–Trinajstić information content (AvgIpc) is 3.20. The summed E-state index contributed by atoms with van der Waals surface area (Å²) in [6.07, 6.45) is -8.95. The summed E-state index contributed by atoms with van der Waals surface area (Å²) in [7, 11) is 0. The van der Waals surface area contributed by atoms with Crippen LogP contribution in [0.25, 0.3) is 11.5 Å². The van der Waals surface area contributed by atoms with E-state index < -0.39 is 47.2 Å². The Balaban J connectivity index is 1.92. The second-order valence-corrected chi connectivity index (χ2v) is 8.17. The number of halogens is 6. The van der Waals surface area contributed by atoms with Gasteiger partial charge in [0, 0.05) is 18.0 Å². The second kappa shape index (κ2) is 9.42. The van der Waals surface area contributed by atoms with Crippen molar-refractivity contribution in [1.82, 2.24) is 15.5 Å². The van der Waals surface area contributed by atoms with Crippen LogP contribution in [0.5, 0.6) is 0 Å². The summed E-state index contributed by atoms with van der Waals surface area (Å²) in [5.41, 5.74) is -2.01. The molecule has 1 N–H and O–H groups in total. The molecule has 2 atom stereocenters. The van der Waals surface area contributed by atoms with E-state index in [1.54, 1.807) is 12.1 Å². The second-order valence-electron chi connectivity index (χ2n) is 6.79. The van der Waals surface area contributed by atoms with E-state index in [9.17, 15) is 30.9 Å². The fourth-order valence-electron chi connectivity index (χ4n) is 2.98. The Kier molecular flexibility index (Phi) is 7.01. The zero-order valence-corrected chi connectivity index (χ0v) is 17.5. The summed E-state index contributed by atoms with van der Waals surface area (Å²) in [6, 6.07) is 8.16. The quantitative estimate of drug-likeness (QED) is 0.305. The Morgan fingerprint density at radius 1 is 1.09 bits per heavy atom. The van der Waals surface area contributed by atoms with Crippen molar-refractivity contribution in [2.24, 2.45) is 0 Å². The van der Waals surface area contributed by atoms with Crippen LogP contribution in [0.4, 0.5) is 26.3 Å². The molecule has 2 unspecified atom stereocenters. The molecule has 0 amide bonds. The highest BCUT2D eigenvalue weighted by atomic mass is 32.2. The number of aromatic nitrogens is 2. The van der Waals surface area contributed by atoms with Gasteiger partial charge in [-0.25, -0.2) is 5.32 Å². The Morgan fingerprint density at radius 2 is 1.76 bits per heavy atom. The monoisotopic (exact) mass is 488 g/mol. The number of nitrogens with zero attached hydrogens (tertiary/aromatic N) is 3. The summed E-state index contributed by atoms with van der Waals surface area (Å²) in [4.78, 5) is 0.536. The molecule has 0 saturated carbocycles. The van der Waals surface area contributed by atoms with Crippen molar-refractivity contribution < 1.29 is 35.3 Å². The molecule has 0 aliphatic carbocycles. The summed E-state index contributed by atoms with van der Waals surface area (Å²) >= 11 is -1.22. The summed E-state index contributed by atoms with van der Waals surface area (Å²) in [5.74, 6) is -0.284. The first-order chi connectivity index (χ1) is 15.4. The fraction of sp³-hybridized carbons (Fsp3) is 0.250. The third-order valence-electron chi connectivity index (χ3n) is 4.49. The molecule has 1 heterocycles. The maximum Gasteiger partial charge on any atom is 0.457 e. The van der Waals surface area contributed by atoms with E-state index in [1.165, 1.54) is 29.8 Å². The fourth-order valence-corrected chi connectivity index (χ4v) is 3.50. The summed E-state index contributed by atoms with van der Waals surface area (Å²) in [5, 5.41) is 17.6. The molecule has 0 spiro atoms. The molecule has 13 heteroatoms. The highest BCUT2D eigenvalue weighted by Crippen LogP contribution is 2.35. The molecule has 0 saturated heterocycles. The Morgan fingerprint density at radius 3 is 2.30 bits per heavy atom. The first-order valence-electron chi connectivity index (χ1n) is 9.09. The minimum absolute atomic E-state index is 0.0278. The highest BCUT2D eigenvalue weighted by Gasteiger charge is 2.37. The molecule has 2 aromatic carbocycles. The smallest absolute Gasteiger partial charge is 0.457 e. The van der Waals surface area contributed by atoms with E-state index in [4.69, 9.17) is 9.68 Å². The van der Waals surface area contributed by atoms with Crippen LogP contribution in [-0.2, 0) is 23.8 Å². The zero-order valence-electron chi connectivity index (χ0n) is 16.7. The topological polar surface area (TPSA) is 97.8 Å². The SMILES string of the molecule is C[S+]([O-])c1ccc(-c2nnc(CC(NC(F)(F)F)c3ccc(C#N)c(C(F)(F)F)c3)o2)cc1. The molecule has 3 aromatic rings. The van der Waals surface area contributed by atoms with E-state index in [2.05, 4.69) is 10.2 Å². The third kappa shape index (κ3) is 6.25. The molecular weight excluding hydrogens is 474 g/mol. The molecule has 0 radical (unpaired) electrons. The predicted molar refractivity (Wildman–Crippen MR) is 104 cm³/mol. The van der Waals surface area contributed by atoms with Gasteiger partial charge in [0.05, 0.1) is 17.2 Å². The van der Waals surface area contributed by atoms with Crippen molar-refractivity contribution in [2.45, 2.75) is 29.8 Å². The van der Waals surface area contributed by atoms with E-state index in [0.717, 1.165) is 12.1 Å². The van der Waals surface area contributed by atoms with E-state index in [0.29, 0.717) is 16.5 Å². The Labute approximate surface area is 186 Å². The molecule has 0 aliphatic heterocycles. The lowest BCUT2D eigenvalue weighted by atomic mass is 9.97. The van der Waals surface area contributed by atoms with Crippen LogP contribution in [0, 0.1) is 11.3 Å². The van der Waals surface area contributed by atoms with Crippen LogP contribution in [0.3, 0.4) is 0 Å². The predicted octanol–water partition coefficient (Wildman–Crippen LogP) is 4.76. The van der Waals surface area contributed by atoms with Gasteiger partial charge < -0.3 is 8.97 Å².